The molecule has 1 aromatic rings. The minimum Gasteiger partial charge on any atom is -0.298 e. The number of aldehydes is 1. The van der Waals surface area contributed by atoms with Crippen molar-refractivity contribution in [3.63, 3.8) is 0 Å². The van der Waals surface area contributed by atoms with Crippen LogP contribution in [0.2, 0.25) is 0 Å². The zero-order chi connectivity index (χ0) is 10.3. The van der Waals surface area contributed by atoms with Gasteiger partial charge in [-0.2, -0.15) is 0 Å². The van der Waals surface area contributed by atoms with Crippen LogP contribution in [-0.2, 0) is 0 Å². The molecule has 0 atom stereocenters. The Bertz CT molecular complexity index is 279. The first-order valence-corrected chi connectivity index (χ1v) is 3.93. The van der Waals surface area contributed by atoms with Crippen LogP contribution in [0.1, 0.15) is 24.2 Å². The second kappa shape index (κ2) is 5.88. The molecule has 0 amide bonds. The molecule has 4 nitrogen and oxygen atoms in total. The van der Waals surface area contributed by atoms with Crippen LogP contribution in [0.4, 0.5) is 5.69 Å². The third-order valence-corrected chi connectivity index (χ3v) is 1.24. The number of nitro groups is 1. The predicted octanol–water partition coefficient (Wildman–Crippen LogP) is 2.43. The van der Waals surface area contributed by atoms with Crippen LogP contribution in [0.15, 0.2) is 24.3 Å². The van der Waals surface area contributed by atoms with E-state index < -0.39 is 4.92 Å². The maximum Gasteiger partial charge on any atom is 0.269 e. The Morgan fingerprint density at radius 3 is 2.00 bits per heavy atom. The lowest BCUT2D eigenvalue weighted by molar-refractivity contribution is -0.384. The molecule has 13 heavy (non-hydrogen) atoms. The molecule has 70 valence electrons. The molecule has 0 saturated carbocycles. The molecule has 0 fully saturated rings. The van der Waals surface area contributed by atoms with E-state index in [9.17, 15) is 14.9 Å². The molecule has 1 aromatic carbocycles. The second-order valence-corrected chi connectivity index (χ2v) is 1.97. The van der Waals surface area contributed by atoms with Crippen molar-refractivity contribution < 1.29 is 9.72 Å². The molecular weight excluding hydrogens is 170 g/mol. The molecule has 0 heterocycles. The van der Waals surface area contributed by atoms with Gasteiger partial charge in [-0.3, -0.25) is 14.9 Å². The molecule has 1 rings (SSSR count). The van der Waals surface area contributed by atoms with Gasteiger partial charge >= 0.3 is 0 Å². The van der Waals surface area contributed by atoms with Gasteiger partial charge in [0.15, 0.2) is 0 Å². The number of nitro benzene ring substituents is 1. The van der Waals surface area contributed by atoms with Crippen LogP contribution in [0.5, 0.6) is 0 Å². The summed E-state index contributed by atoms with van der Waals surface area (Å²) in [6.45, 7) is 4.00. The summed E-state index contributed by atoms with van der Waals surface area (Å²) in [6, 6.07) is 5.41. The van der Waals surface area contributed by atoms with Crippen molar-refractivity contribution in [1.82, 2.24) is 0 Å². The molecule has 0 spiro atoms. The average Bonchev–Trinajstić information content (AvgIpc) is 2.21. The summed E-state index contributed by atoms with van der Waals surface area (Å²) >= 11 is 0. The van der Waals surface area contributed by atoms with Crippen molar-refractivity contribution in [2.24, 2.45) is 0 Å². The molecule has 4 heteroatoms. The van der Waals surface area contributed by atoms with E-state index in [1.165, 1.54) is 24.3 Å². The van der Waals surface area contributed by atoms with Crippen LogP contribution in [0.25, 0.3) is 0 Å². The van der Waals surface area contributed by atoms with Gasteiger partial charge < -0.3 is 0 Å². The van der Waals surface area contributed by atoms with Gasteiger partial charge in [0.25, 0.3) is 5.69 Å². The molecule has 0 aliphatic rings. The Kier molecular flexibility index (Phi) is 5.11. The van der Waals surface area contributed by atoms with Crippen LogP contribution in [0.3, 0.4) is 0 Å². The zero-order valence-corrected chi connectivity index (χ0v) is 7.56. The Morgan fingerprint density at radius 2 is 1.69 bits per heavy atom. The van der Waals surface area contributed by atoms with Crippen LogP contribution in [-0.4, -0.2) is 11.2 Å². The fourth-order valence-electron chi connectivity index (χ4n) is 0.675. The van der Waals surface area contributed by atoms with Crippen molar-refractivity contribution in [2.45, 2.75) is 13.8 Å². The van der Waals surface area contributed by atoms with Gasteiger partial charge in [0.05, 0.1) is 4.92 Å². The highest BCUT2D eigenvalue weighted by Crippen LogP contribution is 2.09. The largest absolute Gasteiger partial charge is 0.298 e. The fourth-order valence-corrected chi connectivity index (χ4v) is 0.675. The molecule has 0 saturated heterocycles. The summed E-state index contributed by atoms with van der Waals surface area (Å²) in [7, 11) is 0. The quantitative estimate of drug-likeness (QED) is 0.400. The van der Waals surface area contributed by atoms with Gasteiger partial charge in [0.2, 0.25) is 0 Å². The molecule has 0 unspecified atom stereocenters. The number of benzene rings is 1. The third kappa shape index (κ3) is 3.46. The van der Waals surface area contributed by atoms with Gasteiger partial charge in [-0.15, -0.1) is 0 Å². The predicted molar refractivity (Wildman–Crippen MR) is 49.8 cm³/mol. The first-order valence-electron chi connectivity index (χ1n) is 3.93. The van der Waals surface area contributed by atoms with E-state index in [1.807, 2.05) is 13.8 Å². The lowest BCUT2D eigenvalue weighted by Gasteiger charge is -1.89. The highest BCUT2D eigenvalue weighted by atomic mass is 16.6. The maximum atomic E-state index is 10.1. The molecule has 0 aliphatic carbocycles. The number of non-ortho nitro benzene ring substituents is 1. The number of nitrogens with zero attached hydrogens (tertiary/aromatic N) is 1. The monoisotopic (exact) mass is 181 g/mol. The van der Waals surface area contributed by atoms with Gasteiger partial charge in [-0.05, 0) is 12.1 Å². The summed E-state index contributed by atoms with van der Waals surface area (Å²) in [5.74, 6) is 0. The fraction of sp³-hybridized carbons (Fsp3) is 0.222. The lowest BCUT2D eigenvalue weighted by Crippen LogP contribution is -1.87. The first-order chi connectivity index (χ1) is 6.24. The summed E-state index contributed by atoms with van der Waals surface area (Å²) in [5.41, 5.74) is 0.436. The molecular formula is C9H11NO3. The number of carbonyl (C=O) groups excluding carboxylic acids is 1. The van der Waals surface area contributed by atoms with Crippen molar-refractivity contribution in [3.05, 3.63) is 39.9 Å². The topological polar surface area (TPSA) is 60.2 Å². The average molecular weight is 181 g/mol. The molecule has 0 aromatic heterocycles. The normalized spacial score (nSPS) is 8.15. The highest BCUT2D eigenvalue weighted by Gasteiger charge is 2.02. The van der Waals surface area contributed by atoms with Crippen molar-refractivity contribution in [2.75, 3.05) is 0 Å². The summed E-state index contributed by atoms with van der Waals surface area (Å²) < 4.78 is 0. The maximum absolute atomic E-state index is 10.1. The molecule has 0 radical (unpaired) electrons. The number of rotatable bonds is 2. The Balaban J connectivity index is 0.000000671. The van der Waals surface area contributed by atoms with Crippen LogP contribution >= 0.6 is 0 Å². The van der Waals surface area contributed by atoms with E-state index >= 15 is 0 Å². The van der Waals surface area contributed by atoms with Gasteiger partial charge in [0.1, 0.15) is 6.29 Å². The van der Waals surface area contributed by atoms with Gasteiger partial charge in [0, 0.05) is 17.7 Å². The third-order valence-electron chi connectivity index (χ3n) is 1.24. The van der Waals surface area contributed by atoms with E-state index in [2.05, 4.69) is 0 Å². The number of hydrogen-bond acceptors (Lipinski definition) is 3. The molecule has 0 aliphatic heterocycles. The van der Waals surface area contributed by atoms with E-state index in [-0.39, 0.29) is 5.69 Å². The second-order valence-electron chi connectivity index (χ2n) is 1.97. The van der Waals surface area contributed by atoms with E-state index in [1.54, 1.807) is 0 Å². The molecule has 0 N–H and O–H groups in total. The smallest absolute Gasteiger partial charge is 0.269 e. The van der Waals surface area contributed by atoms with Crippen molar-refractivity contribution >= 4 is 12.0 Å². The van der Waals surface area contributed by atoms with Crippen LogP contribution in [0, 0.1) is 10.1 Å². The Labute approximate surface area is 76.3 Å². The minimum absolute atomic E-state index is 0.00407. The van der Waals surface area contributed by atoms with E-state index in [4.69, 9.17) is 0 Å². The standard InChI is InChI=1S/C7H5NO3.C2H6/c9-5-6-1-3-7(4-2-6)8(10)11;1-2/h1-5H;1-2H3. The molecule has 0 bridgehead atoms. The van der Waals surface area contributed by atoms with Crippen LogP contribution < -0.4 is 0 Å². The van der Waals surface area contributed by atoms with Crippen molar-refractivity contribution in [1.29, 1.82) is 0 Å². The summed E-state index contributed by atoms with van der Waals surface area (Å²) in [4.78, 5) is 19.7. The Hall–Kier alpha value is -1.71. The van der Waals surface area contributed by atoms with Gasteiger partial charge in [-0.1, -0.05) is 13.8 Å². The Morgan fingerprint density at radius 1 is 1.23 bits per heavy atom. The summed E-state index contributed by atoms with van der Waals surface area (Å²) in [6.07, 6.45) is 0.643. The summed E-state index contributed by atoms with van der Waals surface area (Å²) in [5, 5.41) is 10.1. The van der Waals surface area contributed by atoms with E-state index in [0.29, 0.717) is 11.8 Å². The van der Waals surface area contributed by atoms with E-state index in [0.717, 1.165) is 0 Å². The lowest BCUT2D eigenvalue weighted by atomic mass is 10.2. The minimum atomic E-state index is -0.505. The zero-order valence-electron chi connectivity index (χ0n) is 7.56. The number of carbonyl (C=O) groups is 1. The van der Waals surface area contributed by atoms with Crippen molar-refractivity contribution in [3.8, 4) is 0 Å². The van der Waals surface area contributed by atoms with Gasteiger partial charge in [-0.25, -0.2) is 0 Å². The highest BCUT2D eigenvalue weighted by molar-refractivity contribution is 5.75. The SMILES string of the molecule is CC.O=Cc1ccc([N+](=O)[O-])cc1. The first kappa shape index (κ1) is 11.3. The number of hydrogen-bond donors (Lipinski definition) is 0.